The number of hydrogen-bond donors (Lipinski definition) is 1. The van der Waals surface area contributed by atoms with E-state index in [1.165, 1.54) is 10.4 Å². The van der Waals surface area contributed by atoms with Crippen LogP contribution in [0.2, 0.25) is 0 Å². The summed E-state index contributed by atoms with van der Waals surface area (Å²) in [7, 11) is 0. The van der Waals surface area contributed by atoms with Crippen molar-refractivity contribution in [3.05, 3.63) is 42.7 Å². The molecule has 0 aliphatic carbocycles. The summed E-state index contributed by atoms with van der Waals surface area (Å²) < 4.78 is 1.12. The van der Waals surface area contributed by atoms with E-state index in [1.54, 1.807) is 22.7 Å². The summed E-state index contributed by atoms with van der Waals surface area (Å²) in [6.45, 7) is 2.05. The summed E-state index contributed by atoms with van der Waals surface area (Å²) >= 11 is 6.86. The molecule has 1 atom stereocenters. The fourth-order valence-electron chi connectivity index (χ4n) is 1.52. The largest absolute Gasteiger partial charge is 0.388 e. The molecular weight excluding hydrogens is 304 g/mol. The second-order valence-electron chi connectivity index (χ2n) is 3.74. The van der Waals surface area contributed by atoms with Crippen molar-refractivity contribution in [2.24, 2.45) is 0 Å². The molecule has 2 heterocycles. The fraction of sp³-hybridized carbons (Fsp3) is 0.333. The Morgan fingerprint density at radius 1 is 1.50 bits per heavy atom. The van der Waals surface area contributed by atoms with Crippen LogP contribution in [-0.2, 0) is 6.42 Å². The Balaban J connectivity index is 1.95. The molecule has 86 valence electrons. The number of aryl methyl sites for hydroxylation is 2. The lowest BCUT2D eigenvalue weighted by Crippen LogP contribution is -1.96. The minimum atomic E-state index is -0.336. The molecule has 0 saturated carbocycles. The topological polar surface area (TPSA) is 20.2 Å². The van der Waals surface area contributed by atoms with Gasteiger partial charge in [-0.2, -0.15) is 0 Å². The van der Waals surface area contributed by atoms with E-state index in [2.05, 4.69) is 46.4 Å². The van der Waals surface area contributed by atoms with E-state index in [-0.39, 0.29) is 6.10 Å². The molecule has 16 heavy (non-hydrogen) atoms. The maximum atomic E-state index is 10.1. The highest BCUT2D eigenvalue weighted by molar-refractivity contribution is 9.11. The number of hydrogen-bond acceptors (Lipinski definition) is 3. The van der Waals surface area contributed by atoms with Crippen LogP contribution in [0, 0.1) is 6.92 Å². The van der Waals surface area contributed by atoms with Crippen LogP contribution in [0.1, 0.15) is 27.8 Å². The molecule has 0 aliphatic heterocycles. The number of halogens is 1. The Labute approximate surface area is 112 Å². The molecule has 1 unspecified atom stereocenters. The van der Waals surface area contributed by atoms with Gasteiger partial charge in [0.1, 0.15) is 0 Å². The molecule has 0 saturated heterocycles. The number of aliphatic hydroxyl groups is 1. The Morgan fingerprint density at radius 2 is 2.31 bits per heavy atom. The predicted octanol–water partition coefficient (Wildman–Crippen LogP) is 4.55. The Hall–Kier alpha value is -0.160. The van der Waals surface area contributed by atoms with Crippen LogP contribution in [0.3, 0.4) is 0 Å². The number of rotatable bonds is 4. The quantitative estimate of drug-likeness (QED) is 0.877. The molecule has 2 aromatic rings. The Morgan fingerprint density at radius 3 is 2.88 bits per heavy atom. The van der Waals surface area contributed by atoms with Gasteiger partial charge in [-0.1, -0.05) is 6.07 Å². The van der Waals surface area contributed by atoms with Gasteiger partial charge >= 0.3 is 0 Å². The van der Waals surface area contributed by atoms with E-state index in [9.17, 15) is 5.11 Å². The molecule has 2 rings (SSSR count). The monoisotopic (exact) mass is 316 g/mol. The third kappa shape index (κ3) is 2.94. The zero-order valence-electron chi connectivity index (χ0n) is 8.94. The lowest BCUT2D eigenvalue weighted by molar-refractivity contribution is 0.172. The van der Waals surface area contributed by atoms with Crippen molar-refractivity contribution in [1.82, 2.24) is 0 Å². The third-order valence-corrected chi connectivity index (χ3v) is 5.62. The van der Waals surface area contributed by atoms with Gasteiger partial charge in [0.25, 0.3) is 0 Å². The summed E-state index contributed by atoms with van der Waals surface area (Å²) in [5.41, 5.74) is 1.20. The first-order valence-electron chi connectivity index (χ1n) is 5.13. The van der Waals surface area contributed by atoms with Crippen LogP contribution in [0.25, 0.3) is 0 Å². The lowest BCUT2D eigenvalue weighted by Gasteiger charge is -2.06. The molecule has 1 nitrogen and oxygen atoms in total. The molecular formula is C12H13BrOS2. The fourth-order valence-corrected chi connectivity index (χ4v) is 3.84. The van der Waals surface area contributed by atoms with Crippen molar-refractivity contribution < 1.29 is 5.11 Å². The smallest absolute Gasteiger partial charge is 0.0885 e. The Bertz CT molecular complexity index is 428. The average molecular weight is 317 g/mol. The van der Waals surface area contributed by atoms with Crippen LogP contribution in [0.15, 0.2) is 27.4 Å². The van der Waals surface area contributed by atoms with Crippen molar-refractivity contribution in [2.75, 3.05) is 0 Å². The van der Waals surface area contributed by atoms with Gasteiger partial charge in [0.05, 0.1) is 9.89 Å². The first kappa shape index (κ1) is 12.3. The molecule has 0 amide bonds. The normalized spacial score (nSPS) is 12.9. The van der Waals surface area contributed by atoms with Gasteiger partial charge in [-0.15, -0.1) is 22.7 Å². The van der Waals surface area contributed by atoms with Crippen LogP contribution in [0.4, 0.5) is 0 Å². The van der Waals surface area contributed by atoms with Gasteiger partial charge in [0.2, 0.25) is 0 Å². The van der Waals surface area contributed by atoms with E-state index >= 15 is 0 Å². The summed E-state index contributed by atoms with van der Waals surface area (Å²) in [5.74, 6) is 0. The summed E-state index contributed by atoms with van der Waals surface area (Å²) in [4.78, 5) is 2.40. The van der Waals surface area contributed by atoms with Crippen molar-refractivity contribution in [2.45, 2.75) is 25.9 Å². The predicted molar refractivity (Wildman–Crippen MR) is 74.4 cm³/mol. The van der Waals surface area contributed by atoms with Gasteiger partial charge in [0.15, 0.2) is 0 Å². The van der Waals surface area contributed by atoms with Gasteiger partial charge in [-0.3, -0.25) is 0 Å². The van der Waals surface area contributed by atoms with E-state index in [4.69, 9.17) is 0 Å². The van der Waals surface area contributed by atoms with Gasteiger partial charge in [-0.25, -0.2) is 0 Å². The summed E-state index contributed by atoms with van der Waals surface area (Å²) in [6, 6.07) is 6.24. The molecule has 0 aromatic carbocycles. The zero-order valence-corrected chi connectivity index (χ0v) is 12.2. The molecule has 0 spiro atoms. The molecule has 0 aliphatic rings. The van der Waals surface area contributed by atoms with Crippen molar-refractivity contribution >= 4 is 38.6 Å². The first-order valence-corrected chi connectivity index (χ1v) is 7.62. The van der Waals surface area contributed by atoms with Crippen LogP contribution in [-0.4, -0.2) is 5.11 Å². The molecule has 0 fully saturated rings. The minimum Gasteiger partial charge on any atom is -0.388 e. The van der Waals surface area contributed by atoms with Gasteiger partial charge in [0, 0.05) is 9.75 Å². The third-order valence-electron chi connectivity index (χ3n) is 2.45. The molecule has 1 N–H and O–H groups in total. The summed E-state index contributed by atoms with van der Waals surface area (Å²) in [6.07, 6.45) is 1.41. The maximum Gasteiger partial charge on any atom is 0.0885 e. The Kier molecular flexibility index (Phi) is 4.19. The maximum absolute atomic E-state index is 10.1. The lowest BCUT2D eigenvalue weighted by atomic mass is 10.1. The average Bonchev–Trinajstić information content (AvgIpc) is 2.86. The highest BCUT2D eigenvalue weighted by atomic mass is 79.9. The van der Waals surface area contributed by atoms with Gasteiger partial charge in [-0.05, 0) is 58.8 Å². The second-order valence-corrected chi connectivity index (χ2v) is 7.17. The van der Waals surface area contributed by atoms with Crippen LogP contribution < -0.4 is 0 Å². The number of thiophene rings is 2. The molecule has 0 radical (unpaired) electrons. The highest BCUT2D eigenvalue weighted by Crippen LogP contribution is 2.33. The number of aliphatic hydroxyl groups excluding tert-OH is 1. The SMILES string of the molecule is Cc1cc(C(O)CCc2cccs2)sc1Br. The highest BCUT2D eigenvalue weighted by Gasteiger charge is 2.12. The molecule has 2 aromatic heterocycles. The van der Waals surface area contributed by atoms with E-state index in [0.717, 1.165) is 21.5 Å². The van der Waals surface area contributed by atoms with Crippen molar-refractivity contribution in [3.8, 4) is 0 Å². The van der Waals surface area contributed by atoms with Crippen LogP contribution in [0.5, 0.6) is 0 Å². The molecule has 4 heteroatoms. The first-order chi connectivity index (χ1) is 7.66. The summed E-state index contributed by atoms with van der Waals surface area (Å²) in [5, 5.41) is 12.1. The molecule has 0 bridgehead atoms. The van der Waals surface area contributed by atoms with E-state index in [1.807, 2.05) is 0 Å². The minimum absolute atomic E-state index is 0.336. The van der Waals surface area contributed by atoms with Crippen molar-refractivity contribution in [1.29, 1.82) is 0 Å². The van der Waals surface area contributed by atoms with E-state index < -0.39 is 0 Å². The standard InChI is InChI=1S/C12H13BrOS2/c1-8-7-11(16-12(8)13)10(14)5-4-9-3-2-6-15-9/h2-3,6-7,10,14H,4-5H2,1H3. The van der Waals surface area contributed by atoms with E-state index in [0.29, 0.717) is 0 Å². The van der Waals surface area contributed by atoms with Gasteiger partial charge < -0.3 is 5.11 Å². The zero-order chi connectivity index (χ0) is 11.5. The van der Waals surface area contributed by atoms with Crippen molar-refractivity contribution in [3.63, 3.8) is 0 Å². The second kappa shape index (κ2) is 5.45. The van der Waals surface area contributed by atoms with Crippen LogP contribution >= 0.6 is 38.6 Å².